The van der Waals surface area contributed by atoms with Gasteiger partial charge in [0, 0.05) is 17.8 Å². The molecular formula is C19H22N2O. The Labute approximate surface area is 132 Å². The average Bonchev–Trinajstić information content (AvgIpc) is 3.00. The van der Waals surface area contributed by atoms with Crippen molar-refractivity contribution >= 4 is 11.6 Å². The van der Waals surface area contributed by atoms with E-state index in [9.17, 15) is 4.79 Å². The van der Waals surface area contributed by atoms with Crippen LogP contribution in [0.25, 0.3) is 0 Å². The van der Waals surface area contributed by atoms with E-state index in [1.807, 2.05) is 43.3 Å². The number of hydrogen-bond acceptors (Lipinski definition) is 2. The van der Waals surface area contributed by atoms with E-state index in [-0.39, 0.29) is 5.91 Å². The van der Waals surface area contributed by atoms with E-state index < -0.39 is 0 Å². The highest BCUT2D eigenvalue weighted by Gasteiger charge is 2.12. The quantitative estimate of drug-likeness (QED) is 0.929. The maximum atomic E-state index is 12.3. The van der Waals surface area contributed by atoms with Crippen molar-refractivity contribution in [1.82, 2.24) is 4.90 Å². The normalized spacial score (nSPS) is 15.0. The van der Waals surface area contributed by atoms with Gasteiger partial charge >= 0.3 is 0 Å². The van der Waals surface area contributed by atoms with Gasteiger partial charge in [0.2, 0.25) is 0 Å². The number of nitrogens with zero attached hydrogens (tertiary/aromatic N) is 1. The highest BCUT2D eigenvalue weighted by Crippen LogP contribution is 2.17. The molecule has 0 spiro atoms. The molecule has 1 amide bonds. The van der Waals surface area contributed by atoms with Crippen molar-refractivity contribution < 1.29 is 4.79 Å². The lowest BCUT2D eigenvalue weighted by Crippen LogP contribution is -2.18. The van der Waals surface area contributed by atoms with Gasteiger partial charge < -0.3 is 5.32 Å². The SMILES string of the molecule is Cc1cccc(C(=O)Nc2cccc(CN3CCCC3)c2)c1. The summed E-state index contributed by atoms with van der Waals surface area (Å²) in [6, 6.07) is 15.8. The molecule has 1 fully saturated rings. The number of carbonyl (C=O) groups is 1. The van der Waals surface area contributed by atoms with E-state index in [4.69, 9.17) is 0 Å². The van der Waals surface area contributed by atoms with E-state index >= 15 is 0 Å². The Hall–Kier alpha value is -2.13. The van der Waals surface area contributed by atoms with Crippen molar-refractivity contribution in [1.29, 1.82) is 0 Å². The van der Waals surface area contributed by atoms with Crippen LogP contribution in [0.5, 0.6) is 0 Å². The fourth-order valence-corrected chi connectivity index (χ4v) is 2.94. The Morgan fingerprint density at radius 2 is 1.86 bits per heavy atom. The van der Waals surface area contributed by atoms with Crippen molar-refractivity contribution in [3.8, 4) is 0 Å². The summed E-state index contributed by atoms with van der Waals surface area (Å²) in [4.78, 5) is 14.8. The third-order valence-electron chi connectivity index (χ3n) is 4.07. The minimum Gasteiger partial charge on any atom is -0.322 e. The molecule has 0 unspecified atom stereocenters. The highest BCUT2D eigenvalue weighted by atomic mass is 16.1. The van der Waals surface area contributed by atoms with Crippen molar-refractivity contribution in [3.05, 3.63) is 65.2 Å². The third kappa shape index (κ3) is 3.74. The first-order valence-electron chi connectivity index (χ1n) is 7.90. The maximum absolute atomic E-state index is 12.3. The molecule has 0 atom stereocenters. The smallest absolute Gasteiger partial charge is 0.255 e. The standard InChI is InChI=1S/C19H22N2O/c1-15-6-4-8-17(12-15)19(22)20-18-9-5-7-16(13-18)14-21-10-2-3-11-21/h4-9,12-13H,2-3,10-11,14H2,1H3,(H,20,22). The molecule has 2 aromatic carbocycles. The van der Waals surface area contributed by atoms with E-state index in [0.29, 0.717) is 5.56 Å². The number of benzene rings is 2. The van der Waals surface area contributed by atoms with E-state index in [1.165, 1.54) is 31.5 Å². The fraction of sp³-hybridized carbons (Fsp3) is 0.316. The van der Waals surface area contributed by atoms with Gasteiger partial charge in [0.25, 0.3) is 5.91 Å². The summed E-state index contributed by atoms with van der Waals surface area (Å²) >= 11 is 0. The molecule has 0 bridgehead atoms. The van der Waals surface area contributed by atoms with Crippen LogP contribution in [0.1, 0.15) is 34.3 Å². The summed E-state index contributed by atoms with van der Waals surface area (Å²) < 4.78 is 0. The van der Waals surface area contributed by atoms with Crippen LogP contribution in [0.4, 0.5) is 5.69 Å². The van der Waals surface area contributed by atoms with Crippen LogP contribution in [0.2, 0.25) is 0 Å². The van der Waals surface area contributed by atoms with Crippen molar-refractivity contribution in [3.63, 3.8) is 0 Å². The van der Waals surface area contributed by atoms with Crippen LogP contribution < -0.4 is 5.32 Å². The van der Waals surface area contributed by atoms with Gasteiger partial charge in [-0.2, -0.15) is 0 Å². The number of amides is 1. The van der Waals surface area contributed by atoms with Crippen molar-refractivity contribution in [2.45, 2.75) is 26.3 Å². The van der Waals surface area contributed by atoms with Gasteiger partial charge in [-0.1, -0.05) is 29.8 Å². The molecule has 2 aromatic rings. The number of rotatable bonds is 4. The number of hydrogen-bond donors (Lipinski definition) is 1. The van der Waals surface area contributed by atoms with Crippen LogP contribution in [0, 0.1) is 6.92 Å². The Morgan fingerprint density at radius 1 is 1.09 bits per heavy atom. The van der Waals surface area contributed by atoms with Crippen LogP contribution in [0.15, 0.2) is 48.5 Å². The zero-order valence-electron chi connectivity index (χ0n) is 13.0. The minimum absolute atomic E-state index is 0.0537. The molecule has 1 aliphatic rings. The fourth-order valence-electron chi connectivity index (χ4n) is 2.94. The summed E-state index contributed by atoms with van der Waals surface area (Å²) in [6.45, 7) is 5.32. The number of nitrogens with one attached hydrogen (secondary N) is 1. The van der Waals surface area contributed by atoms with Crippen molar-refractivity contribution in [2.75, 3.05) is 18.4 Å². The summed E-state index contributed by atoms with van der Waals surface area (Å²) in [5, 5.41) is 2.99. The molecule has 3 nitrogen and oxygen atoms in total. The molecule has 3 heteroatoms. The maximum Gasteiger partial charge on any atom is 0.255 e. The van der Waals surface area contributed by atoms with Gasteiger partial charge in [0.05, 0.1) is 0 Å². The van der Waals surface area contributed by atoms with E-state index in [1.54, 1.807) is 0 Å². The lowest BCUT2D eigenvalue weighted by molar-refractivity contribution is 0.102. The Bertz CT molecular complexity index is 660. The number of likely N-dealkylation sites (tertiary alicyclic amines) is 1. The van der Waals surface area contributed by atoms with Crippen LogP contribution in [-0.2, 0) is 6.54 Å². The monoisotopic (exact) mass is 294 g/mol. The molecule has 22 heavy (non-hydrogen) atoms. The van der Waals surface area contributed by atoms with Gasteiger partial charge in [0.1, 0.15) is 0 Å². The Balaban J connectivity index is 1.68. The zero-order chi connectivity index (χ0) is 15.4. The molecule has 0 saturated carbocycles. The number of carbonyl (C=O) groups excluding carboxylic acids is 1. The molecule has 0 radical (unpaired) electrons. The predicted molar refractivity (Wildman–Crippen MR) is 90.1 cm³/mol. The second kappa shape index (κ2) is 6.75. The number of aryl methyl sites for hydroxylation is 1. The average molecular weight is 294 g/mol. The van der Waals surface area contributed by atoms with Gasteiger partial charge in [-0.3, -0.25) is 9.69 Å². The van der Waals surface area contributed by atoms with E-state index in [0.717, 1.165) is 17.8 Å². The van der Waals surface area contributed by atoms with Gasteiger partial charge in [-0.05, 0) is 62.7 Å². The molecule has 1 N–H and O–H groups in total. The Kier molecular flexibility index (Phi) is 4.54. The first-order valence-corrected chi connectivity index (χ1v) is 7.90. The second-order valence-electron chi connectivity index (χ2n) is 6.01. The minimum atomic E-state index is -0.0537. The lowest BCUT2D eigenvalue weighted by Gasteiger charge is -2.15. The largest absolute Gasteiger partial charge is 0.322 e. The zero-order valence-corrected chi connectivity index (χ0v) is 13.0. The van der Waals surface area contributed by atoms with Gasteiger partial charge in [0.15, 0.2) is 0 Å². The lowest BCUT2D eigenvalue weighted by atomic mass is 10.1. The highest BCUT2D eigenvalue weighted by molar-refractivity contribution is 6.04. The van der Waals surface area contributed by atoms with Crippen LogP contribution in [0.3, 0.4) is 0 Å². The summed E-state index contributed by atoms with van der Waals surface area (Å²) in [5.41, 5.74) is 3.91. The first-order chi connectivity index (χ1) is 10.7. The Morgan fingerprint density at radius 3 is 2.64 bits per heavy atom. The predicted octanol–water partition coefficient (Wildman–Crippen LogP) is 3.84. The summed E-state index contributed by atoms with van der Waals surface area (Å²) in [7, 11) is 0. The molecule has 0 aliphatic carbocycles. The molecular weight excluding hydrogens is 272 g/mol. The summed E-state index contributed by atoms with van der Waals surface area (Å²) in [6.07, 6.45) is 2.59. The van der Waals surface area contributed by atoms with Crippen molar-refractivity contribution in [2.24, 2.45) is 0 Å². The topological polar surface area (TPSA) is 32.3 Å². The van der Waals surface area contributed by atoms with Crippen LogP contribution >= 0.6 is 0 Å². The van der Waals surface area contributed by atoms with Gasteiger partial charge in [-0.25, -0.2) is 0 Å². The molecule has 1 saturated heterocycles. The molecule has 1 aliphatic heterocycles. The molecule has 3 rings (SSSR count). The second-order valence-corrected chi connectivity index (χ2v) is 6.01. The molecule has 114 valence electrons. The van der Waals surface area contributed by atoms with Crippen LogP contribution in [-0.4, -0.2) is 23.9 Å². The molecule has 0 aromatic heterocycles. The van der Waals surface area contributed by atoms with Gasteiger partial charge in [-0.15, -0.1) is 0 Å². The third-order valence-corrected chi connectivity index (χ3v) is 4.07. The number of anilines is 1. The van der Waals surface area contributed by atoms with E-state index in [2.05, 4.69) is 22.3 Å². The summed E-state index contributed by atoms with van der Waals surface area (Å²) in [5.74, 6) is -0.0537. The first kappa shape index (κ1) is 14.8. The molecule has 1 heterocycles.